The first kappa shape index (κ1) is 14.6. The lowest BCUT2D eigenvalue weighted by molar-refractivity contribution is 0.0920. The van der Waals surface area contributed by atoms with E-state index >= 15 is 0 Å². The Bertz CT molecular complexity index is 866. The van der Waals surface area contributed by atoms with E-state index in [4.69, 9.17) is 0 Å². The van der Waals surface area contributed by atoms with Crippen molar-refractivity contribution in [1.82, 2.24) is 29.9 Å². The first-order chi connectivity index (χ1) is 11.7. The van der Waals surface area contributed by atoms with Gasteiger partial charge in [0.05, 0.1) is 0 Å². The van der Waals surface area contributed by atoms with E-state index in [0.717, 1.165) is 30.2 Å². The molecule has 0 spiro atoms. The van der Waals surface area contributed by atoms with Crippen molar-refractivity contribution in [1.29, 1.82) is 0 Å². The molecule has 0 saturated carbocycles. The normalized spacial score (nSPS) is 16.6. The van der Waals surface area contributed by atoms with E-state index in [2.05, 4.69) is 20.5 Å². The van der Waals surface area contributed by atoms with Crippen LogP contribution in [-0.4, -0.2) is 36.5 Å². The van der Waals surface area contributed by atoms with Gasteiger partial charge in [0.15, 0.2) is 5.82 Å². The second-order valence-corrected chi connectivity index (χ2v) is 5.94. The third-order valence-corrected chi connectivity index (χ3v) is 4.29. The van der Waals surface area contributed by atoms with Gasteiger partial charge in [0.25, 0.3) is 5.91 Å². The molecular formula is C17H18N6O. The summed E-state index contributed by atoms with van der Waals surface area (Å²) in [5.41, 5.74) is 1.57. The number of aromatic nitrogens is 5. The molecule has 4 rings (SSSR count). The molecule has 7 nitrogen and oxygen atoms in total. The molecule has 1 unspecified atom stereocenters. The summed E-state index contributed by atoms with van der Waals surface area (Å²) >= 11 is 0. The molecule has 7 heteroatoms. The number of carbonyl (C=O) groups excluding carboxylic acids is 1. The maximum absolute atomic E-state index is 12.3. The van der Waals surface area contributed by atoms with E-state index in [1.165, 1.54) is 0 Å². The monoisotopic (exact) mass is 322 g/mol. The van der Waals surface area contributed by atoms with Crippen LogP contribution in [0.3, 0.4) is 0 Å². The van der Waals surface area contributed by atoms with Crippen LogP contribution in [-0.2, 0) is 20.0 Å². The highest BCUT2D eigenvalue weighted by molar-refractivity contribution is 5.92. The molecule has 1 aliphatic rings. The van der Waals surface area contributed by atoms with Crippen molar-refractivity contribution >= 4 is 5.91 Å². The Balaban J connectivity index is 1.49. The Morgan fingerprint density at radius 2 is 2.08 bits per heavy atom. The first-order valence-corrected chi connectivity index (χ1v) is 7.99. The van der Waals surface area contributed by atoms with E-state index in [1.54, 1.807) is 24.0 Å². The number of fused-ring (bicyclic) bond motifs is 1. The fraction of sp³-hybridized carbons (Fsp3) is 0.294. The van der Waals surface area contributed by atoms with Gasteiger partial charge in [-0.05, 0) is 12.5 Å². The van der Waals surface area contributed by atoms with Crippen LogP contribution in [0.4, 0.5) is 0 Å². The maximum atomic E-state index is 12.3. The largest absolute Gasteiger partial charge is 0.347 e. The molecule has 1 aromatic carbocycles. The number of nitrogens with one attached hydrogen (secondary N) is 1. The van der Waals surface area contributed by atoms with Crippen molar-refractivity contribution < 1.29 is 4.79 Å². The minimum absolute atomic E-state index is 0.0627. The lowest BCUT2D eigenvalue weighted by Crippen LogP contribution is -2.41. The third-order valence-electron chi connectivity index (χ3n) is 4.29. The zero-order valence-electron chi connectivity index (χ0n) is 13.4. The Hall–Kier alpha value is -2.96. The molecule has 0 bridgehead atoms. The van der Waals surface area contributed by atoms with E-state index in [0.29, 0.717) is 12.1 Å². The van der Waals surface area contributed by atoms with Crippen LogP contribution in [0.25, 0.3) is 11.4 Å². The average Bonchev–Trinajstić information content (AvgIpc) is 3.21. The van der Waals surface area contributed by atoms with E-state index in [-0.39, 0.29) is 11.9 Å². The van der Waals surface area contributed by atoms with Crippen LogP contribution in [0.15, 0.2) is 42.6 Å². The number of hydrogen-bond acceptors (Lipinski definition) is 4. The number of aryl methyl sites for hydroxylation is 2. The van der Waals surface area contributed by atoms with E-state index in [1.807, 2.05) is 35.0 Å². The molecule has 2 aromatic heterocycles. The molecule has 3 aromatic rings. The molecule has 0 aliphatic carbocycles. The van der Waals surface area contributed by atoms with Gasteiger partial charge < -0.3 is 5.32 Å². The van der Waals surface area contributed by atoms with Gasteiger partial charge in [0.1, 0.15) is 11.5 Å². The van der Waals surface area contributed by atoms with Gasteiger partial charge in [0, 0.05) is 37.8 Å². The van der Waals surface area contributed by atoms with Crippen LogP contribution in [0.1, 0.15) is 22.7 Å². The van der Waals surface area contributed by atoms with Crippen LogP contribution >= 0.6 is 0 Å². The summed E-state index contributed by atoms with van der Waals surface area (Å²) in [6.45, 7) is 0.755. The Morgan fingerprint density at radius 1 is 1.25 bits per heavy atom. The van der Waals surface area contributed by atoms with Gasteiger partial charge in [-0.15, -0.1) is 0 Å². The minimum atomic E-state index is -0.101. The number of carbonyl (C=O) groups is 1. The molecule has 3 heterocycles. The highest BCUT2D eigenvalue weighted by atomic mass is 16.2. The molecule has 122 valence electrons. The van der Waals surface area contributed by atoms with Crippen LogP contribution in [0.5, 0.6) is 0 Å². The zero-order chi connectivity index (χ0) is 16.5. The summed E-state index contributed by atoms with van der Waals surface area (Å²) in [6.07, 6.45) is 3.15. The second-order valence-electron chi connectivity index (χ2n) is 5.94. The van der Waals surface area contributed by atoms with E-state index in [9.17, 15) is 4.79 Å². The number of nitrogens with zero attached hydrogens (tertiary/aromatic N) is 5. The van der Waals surface area contributed by atoms with Crippen LogP contribution in [0.2, 0.25) is 0 Å². The first-order valence-electron chi connectivity index (χ1n) is 7.99. The maximum Gasteiger partial charge on any atom is 0.269 e. The summed E-state index contributed by atoms with van der Waals surface area (Å²) in [7, 11) is 1.76. The quantitative estimate of drug-likeness (QED) is 0.791. The number of rotatable bonds is 3. The molecule has 0 radical (unpaired) electrons. The minimum Gasteiger partial charge on any atom is -0.347 e. The summed E-state index contributed by atoms with van der Waals surface area (Å²) in [6, 6.07) is 11.7. The summed E-state index contributed by atoms with van der Waals surface area (Å²) in [4.78, 5) is 17.0. The van der Waals surface area contributed by atoms with Crippen LogP contribution in [0, 0.1) is 0 Å². The SMILES string of the molecule is Cn1nccc1C(=O)NC1CCn2nc(-c3ccccc3)nc2C1. The fourth-order valence-corrected chi connectivity index (χ4v) is 2.99. The average molecular weight is 322 g/mol. The number of amides is 1. The van der Waals surface area contributed by atoms with Gasteiger partial charge in [-0.3, -0.25) is 9.48 Å². The van der Waals surface area contributed by atoms with Crippen molar-refractivity contribution in [2.24, 2.45) is 7.05 Å². The zero-order valence-corrected chi connectivity index (χ0v) is 13.4. The van der Waals surface area contributed by atoms with Crippen molar-refractivity contribution in [3.63, 3.8) is 0 Å². The highest BCUT2D eigenvalue weighted by Crippen LogP contribution is 2.19. The van der Waals surface area contributed by atoms with Crippen molar-refractivity contribution in [2.45, 2.75) is 25.4 Å². The fourth-order valence-electron chi connectivity index (χ4n) is 2.99. The Morgan fingerprint density at radius 3 is 2.83 bits per heavy atom. The van der Waals surface area contributed by atoms with Crippen molar-refractivity contribution in [3.05, 3.63) is 54.1 Å². The Kier molecular flexibility index (Phi) is 3.60. The molecule has 0 saturated heterocycles. The Labute approximate surface area is 139 Å². The van der Waals surface area contributed by atoms with Gasteiger partial charge in [-0.2, -0.15) is 10.2 Å². The van der Waals surface area contributed by atoms with Gasteiger partial charge >= 0.3 is 0 Å². The lowest BCUT2D eigenvalue weighted by Gasteiger charge is -2.23. The lowest BCUT2D eigenvalue weighted by atomic mass is 10.1. The molecule has 1 amide bonds. The molecule has 1 atom stereocenters. The molecule has 1 aliphatic heterocycles. The smallest absolute Gasteiger partial charge is 0.269 e. The second kappa shape index (κ2) is 5.92. The summed E-state index contributed by atoms with van der Waals surface area (Å²) < 4.78 is 3.52. The molecular weight excluding hydrogens is 304 g/mol. The van der Waals surface area contributed by atoms with Crippen molar-refractivity contribution in [3.8, 4) is 11.4 Å². The van der Waals surface area contributed by atoms with Crippen LogP contribution < -0.4 is 5.32 Å². The molecule has 0 fully saturated rings. The molecule has 24 heavy (non-hydrogen) atoms. The standard InChI is InChI=1S/C17H18N6O/c1-22-14(7-9-18-22)17(24)19-13-8-10-23-15(11-13)20-16(21-23)12-5-3-2-4-6-12/h2-7,9,13H,8,10-11H2,1H3,(H,19,24). The topological polar surface area (TPSA) is 77.6 Å². The van der Waals surface area contributed by atoms with Gasteiger partial charge in [-0.25, -0.2) is 9.67 Å². The van der Waals surface area contributed by atoms with E-state index < -0.39 is 0 Å². The predicted octanol–water partition coefficient (Wildman–Crippen LogP) is 1.42. The van der Waals surface area contributed by atoms with Crippen molar-refractivity contribution in [2.75, 3.05) is 0 Å². The van der Waals surface area contributed by atoms with Gasteiger partial charge in [-0.1, -0.05) is 30.3 Å². The molecule has 1 N–H and O–H groups in total. The summed E-state index contributed by atoms with van der Waals surface area (Å²) in [5, 5.41) is 11.7. The summed E-state index contributed by atoms with van der Waals surface area (Å²) in [5.74, 6) is 1.55. The number of hydrogen-bond donors (Lipinski definition) is 1. The predicted molar refractivity (Wildman–Crippen MR) is 88.2 cm³/mol. The van der Waals surface area contributed by atoms with Gasteiger partial charge in [0.2, 0.25) is 0 Å². The number of benzene rings is 1. The highest BCUT2D eigenvalue weighted by Gasteiger charge is 2.24. The third kappa shape index (κ3) is 2.68.